The highest BCUT2D eigenvalue weighted by atomic mass is 32.2. The third-order valence-electron chi connectivity index (χ3n) is 4.39. The van der Waals surface area contributed by atoms with Gasteiger partial charge >= 0.3 is 0 Å². The minimum absolute atomic E-state index is 0.137. The number of benzene rings is 3. The van der Waals surface area contributed by atoms with E-state index in [0.29, 0.717) is 0 Å². The number of nitrogens with one attached hydrogen (secondary N) is 2. The van der Waals surface area contributed by atoms with Crippen molar-refractivity contribution in [3.8, 4) is 0 Å². The summed E-state index contributed by atoms with van der Waals surface area (Å²) in [6, 6.07) is 22.3. The lowest BCUT2D eigenvalue weighted by Crippen LogP contribution is -2.28. The normalized spacial score (nSPS) is 12.2. The second kappa shape index (κ2) is 8.27. The highest BCUT2D eigenvalue weighted by molar-refractivity contribution is 7.92. The van der Waals surface area contributed by atoms with Crippen molar-refractivity contribution < 1.29 is 13.2 Å². The molecule has 1 atom stereocenters. The summed E-state index contributed by atoms with van der Waals surface area (Å²) in [4.78, 5) is 12.9. The zero-order valence-electron chi connectivity index (χ0n) is 15.7. The van der Waals surface area contributed by atoms with Gasteiger partial charge in [0.2, 0.25) is 0 Å². The van der Waals surface area contributed by atoms with Gasteiger partial charge < -0.3 is 5.32 Å². The summed E-state index contributed by atoms with van der Waals surface area (Å²) in [5.74, 6) is -0.348. The molecule has 1 amide bonds. The van der Waals surface area contributed by atoms with Crippen molar-refractivity contribution in [3.63, 3.8) is 0 Å². The largest absolute Gasteiger partial charge is 0.345 e. The van der Waals surface area contributed by atoms with Crippen molar-refractivity contribution in [2.45, 2.75) is 24.8 Å². The molecule has 2 N–H and O–H groups in total. The molecule has 0 spiro atoms. The van der Waals surface area contributed by atoms with Gasteiger partial charge in [-0.05, 0) is 43.7 Å². The van der Waals surface area contributed by atoms with Crippen LogP contribution in [-0.2, 0) is 10.0 Å². The van der Waals surface area contributed by atoms with Gasteiger partial charge in [0, 0.05) is 0 Å². The number of aryl methyl sites for hydroxylation is 1. The molecular formula is C22H22N2O3S. The smallest absolute Gasteiger partial charge is 0.261 e. The number of rotatable bonds is 6. The molecule has 0 radical (unpaired) electrons. The Labute approximate surface area is 165 Å². The second-order valence-electron chi connectivity index (χ2n) is 6.57. The number of carbonyl (C=O) groups is 1. The highest BCUT2D eigenvalue weighted by Crippen LogP contribution is 2.21. The lowest BCUT2D eigenvalue weighted by atomic mass is 10.1. The molecule has 0 aliphatic rings. The van der Waals surface area contributed by atoms with Gasteiger partial charge in [0.15, 0.2) is 0 Å². The van der Waals surface area contributed by atoms with Crippen molar-refractivity contribution in [2.24, 2.45) is 0 Å². The van der Waals surface area contributed by atoms with Crippen molar-refractivity contribution in [3.05, 3.63) is 95.6 Å². The fourth-order valence-electron chi connectivity index (χ4n) is 2.79. The third-order valence-corrected chi connectivity index (χ3v) is 5.78. The van der Waals surface area contributed by atoms with Gasteiger partial charge in [-0.25, -0.2) is 8.42 Å². The Hall–Kier alpha value is -3.12. The number of carbonyl (C=O) groups excluding carboxylic acids is 1. The zero-order chi connectivity index (χ0) is 20.1. The number of hydrogen-bond acceptors (Lipinski definition) is 3. The lowest BCUT2D eigenvalue weighted by molar-refractivity contribution is 0.0941. The van der Waals surface area contributed by atoms with Gasteiger partial charge in [-0.3, -0.25) is 9.52 Å². The summed E-state index contributed by atoms with van der Waals surface area (Å²) in [6.07, 6.45) is 0. The van der Waals surface area contributed by atoms with E-state index >= 15 is 0 Å². The van der Waals surface area contributed by atoms with Crippen LogP contribution in [0.1, 0.15) is 34.5 Å². The minimum atomic E-state index is -3.78. The summed E-state index contributed by atoms with van der Waals surface area (Å²) in [5.41, 5.74) is 2.62. The Bertz CT molecular complexity index is 1060. The maximum Gasteiger partial charge on any atom is 0.261 e. The molecule has 6 heteroatoms. The lowest BCUT2D eigenvalue weighted by Gasteiger charge is -2.17. The second-order valence-corrected chi connectivity index (χ2v) is 8.25. The van der Waals surface area contributed by atoms with E-state index in [0.717, 1.165) is 11.1 Å². The van der Waals surface area contributed by atoms with Crippen LogP contribution in [-0.4, -0.2) is 14.3 Å². The molecule has 0 bridgehead atoms. The topological polar surface area (TPSA) is 75.3 Å². The molecule has 0 fully saturated rings. The van der Waals surface area contributed by atoms with Crippen molar-refractivity contribution in [1.82, 2.24) is 5.32 Å². The molecule has 144 valence electrons. The average Bonchev–Trinajstić information content (AvgIpc) is 2.69. The van der Waals surface area contributed by atoms with Gasteiger partial charge in [-0.2, -0.15) is 0 Å². The quantitative estimate of drug-likeness (QED) is 0.655. The Morgan fingerprint density at radius 3 is 2.14 bits per heavy atom. The number of anilines is 1. The van der Waals surface area contributed by atoms with E-state index in [1.54, 1.807) is 42.5 Å². The first kappa shape index (κ1) is 19.6. The fourth-order valence-corrected chi connectivity index (χ4v) is 3.89. The fraction of sp³-hybridized carbons (Fsp3) is 0.136. The molecule has 0 saturated heterocycles. The van der Waals surface area contributed by atoms with Crippen LogP contribution in [0.25, 0.3) is 0 Å². The van der Waals surface area contributed by atoms with E-state index < -0.39 is 10.0 Å². The van der Waals surface area contributed by atoms with Gasteiger partial charge in [0.1, 0.15) is 0 Å². The Balaban J connectivity index is 1.81. The summed E-state index contributed by atoms with van der Waals surface area (Å²) >= 11 is 0. The first-order valence-corrected chi connectivity index (χ1v) is 10.4. The van der Waals surface area contributed by atoms with E-state index in [2.05, 4.69) is 10.0 Å². The van der Waals surface area contributed by atoms with Crippen molar-refractivity contribution in [2.75, 3.05) is 4.72 Å². The third kappa shape index (κ3) is 4.58. The molecular weight excluding hydrogens is 372 g/mol. The van der Waals surface area contributed by atoms with Gasteiger partial charge in [0.05, 0.1) is 22.2 Å². The van der Waals surface area contributed by atoms with Crippen molar-refractivity contribution in [1.29, 1.82) is 0 Å². The van der Waals surface area contributed by atoms with E-state index in [-0.39, 0.29) is 28.1 Å². The Morgan fingerprint density at radius 2 is 1.46 bits per heavy atom. The summed E-state index contributed by atoms with van der Waals surface area (Å²) in [7, 11) is -3.78. The highest BCUT2D eigenvalue weighted by Gasteiger charge is 2.19. The SMILES string of the molecule is Cc1ccc([C@H](C)NC(=O)c2ccccc2NS(=O)(=O)c2ccccc2)cc1. The average molecular weight is 394 g/mol. The van der Waals surface area contributed by atoms with Crippen LogP contribution >= 0.6 is 0 Å². The van der Waals surface area contributed by atoms with Gasteiger partial charge in [-0.15, -0.1) is 0 Å². The Kier molecular flexibility index (Phi) is 5.80. The van der Waals surface area contributed by atoms with Crippen LogP contribution in [0.5, 0.6) is 0 Å². The van der Waals surface area contributed by atoms with Crippen LogP contribution in [0.4, 0.5) is 5.69 Å². The van der Waals surface area contributed by atoms with E-state index in [9.17, 15) is 13.2 Å². The molecule has 0 aliphatic carbocycles. The molecule has 3 rings (SSSR count). The summed E-state index contributed by atoms with van der Waals surface area (Å²) < 4.78 is 27.7. The number of sulfonamides is 1. The first-order valence-electron chi connectivity index (χ1n) is 8.91. The van der Waals surface area contributed by atoms with Crippen molar-refractivity contribution >= 4 is 21.6 Å². The van der Waals surface area contributed by atoms with Crippen LogP contribution in [0.2, 0.25) is 0 Å². The van der Waals surface area contributed by atoms with E-state index in [1.807, 2.05) is 38.1 Å². The molecule has 3 aromatic rings. The predicted octanol–water partition coefficient (Wildman–Crippen LogP) is 4.29. The maximum atomic E-state index is 12.8. The molecule has 0 saturated carbocycles. The van der Waals surface area contributed by atoms with Crippen LogP contribution < -0.4 is 10.0 Å². The molecule has 0 aliphatic heterocycles. The van der Waals surface area contributed by atoms with E-state index in [4.69, 9.17) is 0 Å². The molecule has 5 nitrogen and oxygen atoms in total. The number of para-hydroxylation sites is 1. The number of hydrogen-bond donors (Lipinski definition) is 2. The van der Waals surface area contributed by atoms with E-state index in [1.165, 1.54) is 12.1 Å². The summed E-state index contributed by atoms with van der Waals surface area (Å²) in [6.45, 7) is 3.89. The van der Waals surface area contributed by atoms with Gasteiger partial charge in [-0.1, -0.05) is 60.2 Å². The minimum Gasteiger partial charge on any atom is -0.345 e. The zero-order valence-corrected chi connectivity index (χ0v) is 16.5. The molecule has 0 aromatic heterocycles. The maximum absolute atomic E-state index is 12.8. The van der Waals surface area contributed by atoms with Gasteiger partial charge in [0.25, 0.3) is 15.9 Å². The standard InChI is InChI=1S/C22H22N2O3S/c1-16-12-14-18(15-13-16)17(2)23-22(25)20-10-6-7-11-21(20)24-28(26,27)19-8-4-3-5-9-19/h3-15,17,24H,1-2H3,(H,23,25)/t17-/m0/s1. The molecule has 28 heavy (non-hydrogen) atoms. The molecule has 3 aromatic carbocycles. The predicted molar refractivity (Wildman–Crippen MR) is 111 cm³/mol. The Morgan fingerprint density at radius 1 is 0.857 bits per heavy atom. The first-order chi connectivity index (χ1) is 13.4. The molecule has 0 unspecified atom stereocenters. The van der Waals surface area contributed by atoms with Crippen LogP contribution in [0, 0.1) is 6.92 Å². The molecule has 0 heterocycles. The van der Waals surface area contributed by atoms with Crippen LogP contribution in [0.3, 0.4) is 0 Å². The van der Waals surface area contributed by atoms with Crippen LogP contribution in [0.15, 0.2) is 83.8 Å². The monoisotopic (exact) mass is 394 g/mol. The number of amides is 1. The summed E-state index contributed by atoms with van der Waals surface area (Å²) in [5, 5.41) is 2.92.